The van der Waals surface area contributed by atoms with E-state index in [9.17, 15) is 0 Å². The Morgan fingerprint density at radius 2 is 1.64 bits per heavy atom. The monoisotopic (exact) mass is 159 g/mol. The summed E-state index contributed by atoms with van der Waals surface area (Å²) in [6, 6.07) is 0.627. The third-order valence-electron chi connectivity index (χ3n) is 1.43. The summed E-state index contributed by atoms with van der Waals surface area (Å²) in [5.74, 6) is 0. The van der Waals surface area contributed by atoms with E-state index in [4.69, 9.17) is 0 Å². The van der Waals surface area contributed by atoms with Crippen molar-refractivity contribution in [2.45, 2.75) is 54.5 Å². The van der Waals surface area contributed by atoms with Crippen molar-refractivity contribution in [3.8, 4) is 0 Å². The maximum absolute atomic E-state index is 3.40. The van der Waals surface area contributed by atoms with E-state index in [1.807, 2.05) is 0 Å². The molecular formula is C10H25N. The summed E-state index contributed by atoms with van der Waals surface area (Å²) in [6.07, 6.45) is 1.26. The Morgan fingerprint density at radius 1 is 1.18 bits per heavy atom. The van der Waals surface area contributed by atoms with Crippen molar-refractivity contribution in [3.05, 3.63) is 0 Å². The van der Waals surface area contributed by atoms with Crippen molar-refractivity contribution in [3.63, 3.8) is 0 Å². The van der Waals surface area contributed by atoms with Crippen LogP contribution in [-0.2, 0) is 0 Å². The Bertz CT molecular complexity index is 79.4. The largest absolute Gasteiger partial charge is 0.315 e. The molecule has 0 aromatic rings. The van der Waals surface area contributed by atoms with Crippen LogP contribution in [0.3, 0.4) is 0 Å². The van der Waals surface area contributed by atoms with Gasteiger partial charge in [-0.15, -0.1) is 0 Å². The summed E-state index contributed by atoms with van der Waals surface area (Å²) in [4.78, 5) is 0. The van der Waals surface area contributed by atoms with Gasteiger partial charge in [0, 0.05) is 6.04 Å². The molecule has 0 aliphatic heterocycles. The second-order valence-electron chi connectivity index (χ2n) is 4.42. The molecule has 0 atom stereocenters. The van der Waals surface area contributed by atoms with Crippen molar-refractivity contribution < 1.29 is 0 Å². The molecule has 0 bridgehead atoms. The van der Waals surface area contributed by atoms with Crippen molar-refractivity contribution in [2.24, 2.45) is 5.41 Å². The highest BCUT2D eigenvalue weighted by Crippen LogP contribution is 2.16. The number of hydrogen-bond donors (Lipinski definition) is 1. The van der Waals surface area contributed by atoms with Gasteiger partial charge in [0.25, 0.3) is 0 Å². The lowest BCUT2D eigenvalue weighted by Crippen LogP contribution is -2.26. The third-order valence-corrected chi connectivity index (χ3v) is 1.43. The smallest absolute Gasteiger partial charge is 0.00103 e. The van der Waals surface area contributed by atoms with Gasteiger partial charge in [-0.05, 0) is 18.4 Å². The standard InChI is InChI=1S/C9H21N.CH4/c1-8(2)10-7-6-9(3,4)5;/h8,10H,6-7H2,1-5H3;1H4. The predicted molar refractivity (Wildman–Crippen MR) is 53.9 cm³/mol. The third kappa shape index (κ3) is 13.0. The molecule has 0 saturated heterocycles. The average molecular weight is 159 g/mol. The van der Waals surface area contributed by atoms with Crippen LogP contribution in [0.15, 0.2) is 0 Å². The van der Waals surface area contributed by atoms with Crippen molar-refractivity contribution in [1.82, 2.24) is 5.32 Å². The molecule has 0 radical (unpaired) electrons. The van der Waals surface area contributed by atoms with E-state index < -0.39 is 0 Å². The van der Waals surface area contributed by atoms with Gasteiger partial charge in [-0.3, -0.25) is 0 Å². The quantitative estimate of drug-likeness (QED) is 0.667. The topological polar surface area (TPSA) is 12.0 Å². The van der Waals surface area contributed by atoms with E-state index in [-0.39, 0.29) is 7.43 Å². The minimum absolute atomic E-state index is 0. The molecule has 1 nitrogen and oxygen atoms in total. The molecule has 0 fully saturated rings. The molecule has 0 spiro atoms. The second-order valence-corrected chi connectivity index (χ2v) is 4.42. The highest BCUT2D eigenvalue weighted by Gasteiger charge is 2.08. The molecule has 0 aliphatic rings. The zero-order valence-corrected chi connectivity index (χ0v) is 7.99. The van der Waals surface area contributed by atoms with Crippen LogP contribution in [0.4, 0.5) is 0 Å². The Morgan fingerprint density at radius 3 is 1.91 bits per heavy atom. The molecule has 0 amide bonds. The molecule has 0 aliphatic carbocycles. The van der Waals surface area contributed by atoms with Crippen LogP contribution in [0.2, 0.25) is 0 Å². The first kappa shape index (κ1) is 13.5. The summed E-state index contributed by atoms with van der Waals surface area (Å²) in [7, 11) is 0. The fourth-order valence-electron chi connectivity index (χ4n) is 0.736. The van der Waals surface area contributed by atoms with Crippen molar-refractivity contribution in [1.29, 1.82) is 0 Å². The zero-order valence-electron chi connectivity index (χ0n) is 7.99. The van der Waals surface area contributed by atoms with Crippen molar-refractivity contribution >= 4 is 0 Å². The highest BCUT2D eigenvalue weighted by molar-refractivity contribution is 4.64. The van der Waals surface area contributed by atoms with Gasteiger partial charge < -0.3 is 5.32 Å². The van der Waals surface area contributed by atoms with Crippen LogP contribution < -0.4 is 5.32 Å². The molecule has 11 heavy (non-hydrogen) atoms. The van der Waals surface area contributed by atoms with Gasteiger partial charge in [0.05, 0.1) is 0 Å². The first-order valence-electron chi connectivity index (χ1n) is 4.15. The number of hydrogen-bond acceptors (Lipinski definition) is 1. The van der Waals surface area contributed by atoms with Crippen LogP contribution in [0, 0.1) is 5.41 Å². The van der Waals surface area contributed by atoms with Crippen LogP contribution >= 0.6 is 0 Å². The van der Waals surface area contributed by atoms with E-state index >= 15 is 0 Å². The first-order chi connectivity index (χ1) is 4.42. The fourth-order valence-corrected chi connectivity index (χ4v) is 0.736. The lowest BCUT2D eigenvalue weighted by atomic mass is 9.92. The highest BCUT2D eigenvalue weighted by atomic mass is 14.9. The van der Waals surface area contributed by atoms with E-state index in [2.05, 4.69) is 39.9 Å². The Kier molecular flexibility index (Phi) is 6.88. The van der Waals surface area contributed by atoms with Gasteiger partial charge >= 0.3 is 0 Å². The van der Waals surface area contributed by atoms with Crippen molar-refractivity contribution in [2.75, 3.05) is 6.54 Å². The molecular weight excluding hydrogens is 134 g/mol. The van der Waals surface area contributed by atoms with Crippen LogP contribution in [0.25, 0.3) is 0 Å². The fraction of sp³-hybridized carbons (Fsp3) is 1.00. The maximum atomic E-state index is 3.40. The van der Waals surface area contributed by atoms with E-state index in [1.165, 1.54) is 6.42 Å². The summed E-state index contributed by atoms with van der Waals surface area (Å²) < 4.78 is 0. The van der Waals surface area contributed by atoms with Crippen LogP contribution in [-0.4, -0.2) is 12.6 Å². The molecule has 0 unspecified atom stereocenters. The summed E-state index contributed by atoms with van der Waals surface area (Å²) in [5, 5.41) is 3.40. The Hall–Kier alpha value is -0.0400. The normalized spacial score (nSPS) is 11.5. The molecule has 0 rings (SSSR count). The average Bonchev–Trinajstić information content (AvgIpc) is 1.59. The molecule has 0 heterocycles. The van der Waals surface area contributed by atoms with Gasteiger partial charge in [-0.1, -0.05) is 42.0 Å². The molecule has 0 aromatic heterocycles. The second kappa shape index (κ2) is 5.59. The first-order valence-corrected chi connectivity index (χ1v) is 4.15. The molecule has 0 saturated carbocycles. The number of rotatable bonds is 3. The van der Waals surface area contributed by atoms with Gasteiger partial charge in [0.2, 0.25) is 0 Å². The molecule has 0 aromatic carbocycles. The van der Waals surface area contributed by atoms with E-state index in [0.717, 1.165) is 6.54 Å². The van der Waals surface area contributed by atoms with Crippen LogP contribution in [0.5, 0.6) is 0 Å². The summed E-state index contributed by atoms with van der Waals surface area (Å²) in [6.45, 7) is 12.3. The predicted octanol–water partition coefficient (Wildman–Crippen LogP) is 3.06. The lowest BCUT2D eigenvalue weighted by Gasteiger charge is -2.19. The summed E-state index contributed by atoms with van der Waals surface area (Å²) >= 11 is 0. The van der Waals surface area contributed by atoms with Gasteiger partial charge in [0.15, 0.2) is 0 Å². The molecule has 70 valence electrons. The SMILES string of the molecule is C.CC(C)NCCC(C)(C)C. The Labute approximate surface area is 72.6 Å². The van der Waals surface area contributed by atoms with Gasteiger partial charge in [0.1, 0.15) is 0 Å². The lowest BCUT2D eigenvalue weighted by molar-refractivity contribution is 0.360. The van der Waals surface area contributed by atoms with E-state index in [1.54, 1.807) is 0 Å². The van der Waals surface area contributed by atoms with Gasteiger partial charge in [-0.2, -0.15) is 0 Å². The zero-order chi connectivity index (χ0) is 8.20. The minimum Gasteiger partial charge on any atom is -0.315 e. The molecule has 1 N–H and O–H groups in total. The Balaban J connectivity index is 0. The summed E-state index contributed by atoms with van der Waals surface area (Å²) in [5.41, 5.74) is 0.474. The van der Waals surface area contributed by atoms with E-state index in [0.29, 0.717) is 11.5 Å². The van der Waals surface area contributed by atoms with Crippen LogP contribution in [0.1, 0.15) is 48.5 Å². The van der Waals surface area contributed by atoms with Gasteiger partial charge in [-0.25, -0.2) is 0 Å². The number of nitrogens with one attached hydrogen (secondary N) is 1. The molecule has 1 heteroatoms. The maximum Gasteiger partial charge on any atom is 0.00103 e. The minimum atomic E-state index is 0.